The van der Waals surface area contributed by atoms with Gasteiger partial charge in [-0.25, -0.2) is 0 Å². The number of methoxy groups -OCH3 is 1. The van der Waals surface area contributed by atoms with Crippen LogP contribution in [0.1, 0.15) is 31.2 Å². The average molecular weight is 287 g/mol. The van der Waals surface area contributed by atoms with E-state index in [0.717, 1.165) is 18.4 Å². The number of esters is 1. The van der Waals surface area contributed by atoms with E-state index in [4.69, 9.17) is 27.9 Å². The maximum absolute atomic E-state index is 11.4. The van der Waals surface area contributed by atoms with Crippen molar-refractivity contribution in [3.05, 3.63) is 33.8 Å². The van der Waals surface area contributed by atoms with E-state index in [9.17, 15) is 4.79 Å². The first kappa shape index (κ1) is 13.7. The Morgan fingerprint density at radius 3 is 2.61 bits per heavy atom. The molecule has 1 fully saturated rings. The molecule has 0 aromatic heterocycles. The molecule has 1 aromatic carbocycles. The molecule has 2 nitrogen and oxygen atoms in total. The summed E-state index contributed by atoms with van der Waals surface area (Å²) in [5.74, 6) is 0.627. The summed E-state index contributed by atoms with van der Waals surface area (Å²) in [6.07, 6.45) is 1.84. The fourth-order valence-corrected chi connectivity index (χ4v) is 3.27. The first-order valence-electron chi connectivity index (χ1n) is 6.06. The molecule has 0 aliphatic heterocycles. The first-order chi connectivity index (χ1) is 8.54. The number of halogens is 2. The van der Waals surface area contributed by atoms with E-state index in [1.165, 1.54) is 7.11 Å². The van der Waals surface area contributed by atoms with Crippen LogP contribution in [0.4, 0.5) is 0 Å². The summed E-state index contributed by atoms with van der Waals surface area (Å²) in [5.41, 5.74) is 0.983. The highest BCUT2D eigenvalue weighted by Crippen LogP contribution is 2.47. The lowest BCUT2D eigenvalue weighted by Crippen LogP contribution is -2.06. The summed E-state index contributed by atoms with van der Waals surface area (Å²) < 4.78 is 4.75. The SMILES string of the molecule is COC(=O)C1CC1CC(C)c1c(Cl)cccc1Cl. The van der Waals surface area contributed by atoms with Gasteiger partial charge in [0.2, 0.25) is 0 Å². The first-order valence-corrected chi connectivity index (χ1v) is 6.82. The molecule has 0 spiro atoms. The number of benzene rings is 1. The van der Waals surface area contributed by atoms with Crippen molar-refractivity contribution in [1.82, 2.24) is 0 Å². The monoisotopic (exact) mass is 286 g/mol. The minimum atomic E-state index is -0.0996. The molecular formula is C14H16Cl2O2. The molecule has 0 amide bonds. The summed E-state index contributed by atoms with van der Waals surface area (Å²) in [6, 6.07) is 5.54. The number of hydrogen-bond acceptors (Lipinski definition) is 2. The summed E-state index contributed by atoms with van der Waals surface area (Å²) in [5, 5.41) is 1.40. The minimum absolute atomic E-state index is 0.0683. The zero-order valence-electron chi connectivity index (χ0n) is 10.5. The van der Waals surface area contributed by atoms with Crippen LogP contribution >= 0.6 is 23.2 Å². The fourth-order valence-electron chi connectivity index (χ4n) is 2.50. The number of carbonyl (C=O) groups is 1. The lowest BCUT2D eigenvalue weighted by atomic mass is 9.94. The van der Waals surface area contributed by atoms with Crippen molar-refractivity contribution < 1.29 is 9.53 Å². The van der Waals surface area contributed by atoms with E-state index in [2.05, 4.69) is 6.92 Å². The van der Waals surface area contributed by atoms with Crippen molar-refractivity contribution in [2.75, 3.05) is 7.11 Å². The normalized spacial score (nSPS) is 23.6. The predicted octanol–water partition coefficient (Wildman–Crippen LogP) is 4.30. The van der Waals surface area contributed by atoms with Crippen molar-refractivity contribution in [2.45, 2.75) is 25.7 Å². The third-order valence-corrected chi connectivity index (χ3v) is 4.23. The van der Waals surface area contributed by atoms with E-state index in [1.807, 2.05) is 18.2 Å². The van der Waals surface area contributed by atoms with Gasteiger partial charge in [0.05, 0.1) is 13.0 Å². The van der Waals surface area contributed by atoms with Gasteiger partial charge < -0.3 is 4.74 Å². The van der Waals surface area contributed by atoms with Gasteiger partial charge in [0.25, 0.3) is 0 Å². The van der Waals surface area contributed by atoms with Gasteiger partial charge in [0, 0.05) is 10.0 Å². The van der Waals surface area contributed by atoms with Gasteiger partial charge in [-0.2, -0.15) is 0 Å². The Morgan fingerprint density at radius 1 is 1.44 bits per heavy atom. The van der Waals surface area contributed by atoms with Gasteiger partial charge in [-0.3, -0.25) is 4.79 Å². The molecule has 1 aromatic rings. The second-order valence-corrected chi connectivity index (χ2v) is 5.71. The fraction of sp³-hybridized carbons (Fsp3) is 0.500. The largest absolute Gasteiger partial charge is 0.469 e. The van der Waals surface area contributed by atoms with E-state index < -0.39 is 0 Å². The topological polar surface area (TPSA) is 26.3 Å². The Bertz CT molecular complexity index is 439. The summed E-state index contributed by atoms with van der Waals surface area (Å²) in [6.45, 7) is 2.10. The highest BCUT2D eigenvalue weighted by Gasteiger charge is 2.44. The van der Waals surface area contributed by atoms with Gasteiger partial charge in [-0.1, -0.05) is 36.2 Å². The Balaban J connectivity index is 2.01. The standard InChI is InChI=1S/C14H16Cl2O2/c1-8(6-9-7-10(9)14(17)18-2)13-11(15)4-3-5-12(13)16/h3-5,8-10H,6-7H2,1-2H3. The van der Waals surface area contributed by atoms with Crippen LogP contribution in [0.2, 0.25) is 10.0 Å². The van der Waals surface area contributed by atoms with Gasteiger partial charge >= 0.3 is 5.97 Å². The van der Waals surface area contributed by atoms with Gasteiger partial charge in [0.15, 0.2) is 0 Å². The molecule has 0 bridgehead atoms. The molecule has 0 N–H and O–H groups in total. The zero-order valence-corrected chi connectivity index (χ0v) is 12.0. The molecule has 0 saturated heterocycles. The third-order valence-electron chi connectivity index (χ3n) is 3.58. The number of rotatable bonds is 4. The number of ether oxygens (including phenoxy) is 1. The van der Waals surface area contributed by atoms with Crippen LogP contribution in [0, 0.1) is 11.8 Å². The van der Waals surface area contributed by atoms with Crippen molar-refractivity contribution in [3.63, 3.8) is 0 Å². The van der Waals surface area contributed by atoms with Crippen LogP contribution in [0.5, 0.6) is 0 Å². The lowest BCUT2D eigenvalue weighted by Gasteiger charge is -2.15. The molecule has 0 radical (unpaired) electrons. The van der Waals surface area contributed by atoms with Crippen molar-refractivity contribution >= 4 is 29.2 Å². The quantitative estimate of drug-likeness (QED) is 0.772. The molecule has 1 saturated carbocycles. The van der Waals surface area contributed by atoms with Crippen molar-refractivity contribution in [3.8, 4) is 0 Å². The molecule has 4 heteroatoms. The van der Waals surface area contributed by atoms with E-state index in [1.54, 1.807) is 0 Å². The second-order valence-electron chi connectivity index (χ2n) is 4.90. The van der Waals surface area contributed by atoms with Crippen molar-refractivity contribution in [2.24, 2.45) is 11.8 Å². The Kier molecular flexibility index (Phi) is 4.18. The second kappa shape index (κ2) is 5.50. The zero-order chi connectivity index (χ0) is 13.3. The van der Waals surface area contributed by atoms with Gasteiger partial charge in [0.1, 0.15) is 0 Å². The van der Waals surface area contributed by atoms with Crippen molar-refractivity contribution in [1.29, 1.82) is 0 Å². The molecular weight excluding hydrogens is 271 g/mol. The molecule has 0 heterocycles. The molecule has 3 unspecified atom stereocenters. The van der Waals surface area contributed by atoms with Crippen LogP contribution < -0.4 is 0 Å². The smallest absolute Gasteiger partial charge is 0.308 e. The predicted molar refractivity (Wildman–Crippen MR) is 73.1 cm³/mol. The molecule has 1 aliphatic carbocycles. The minimum Gasteiger partial charge on any atom is -0.469 e. The van der Waals surface area contributed by atoms with Gasteiger partial charge in [-0.15, -0.1) is 0 Å². The molecule has 18 heavy (non-hydrogen) atoms. The molecule has 1 aliphatic rings. The molecule has 98 valence electrons. The highest BCUT2D eigenvalue weighted by atomic mass is 35.5. The summed E-state index contributed by atoms with van der Waals surface area (Å²) >= 11 is 12.4. The average Bonchev–Trinajstić information content (AvgIpc) is 3.07. The highest BCUT2D eigenvalue weighted by molar-refractivity contribution is 6.36. The molecule has 2 rings (SSSR count). The van der Waals surface area contributed by atoms with Crippen LogP contribution in [0.25, 0.3) is 0 Å². The van der Waals surface area contributed by atoms with E-state index in [-0.39, 0.29) is 17.8 Å². The van der Waals surface area contributed by atoms with E-state index >= 15 is 0 Å². The lowest BCUT2D eigenvalue weighted by molar-refractivity contribution is -0.142. The van der Waals surface area contributed by atoms with E-state index in [0.29, 0.717) is 16.0 Å². The van der Waals surface area contributed by atoms with Gasteiger partial charge in [-0.05, 0) is 42.4 Å². The van der Waals surface area contributed by atoms with Crippen LogP contribution in [0.3, 0.4) is 0 Å². The summed E-state index contributed by atoms with van der Waals surface area (Å²) in [4.78, 5) is 11.4. The van der Waals surface area contributed by atoms with Crippen LogP contribution in [-0.4, -0.2) is 13.1 Å². The van der Waals surface area contributed by atoms with Crippen LogP contribution in [0.15, 0.2) is 18.2 Å². The van der Waals surface area contributed by atoms with Crippen LogP contribution in [-0.2, 0) is 9.53 Å². The number of hydrogen-bond donors (Lipinski definition) is 0. The Labute approximate surface area is 117 Å². The Morgan fingerprint density at radius 2 is 2.06 bits per heavy atom. The summed E-state index contributed by atoms with van der Waals surface area (Å²) in [7, 11) is 1.44. The maximum atomic E-state index is 11.4. The third kappa shape index (κ3) is 2.81. The number of carbonyl (C=O) groups excluding carboxylic acids is 1. The maximum Gasteiger partial charge on any atom is 0.308 e. The Hall–Kier alpha value is -0.730. The molecule has 3 atom stereocenters.